The van der Waals surface area contributed by atoms with E-state index in [1.165, 1.54) is 12.1 Å². The Labute approximate surface area is 114 Å². The third-order valence-corrected chi connectivity index (χ3v) is 3.49. The molecular formula is C15H23F2NO. The maximum absolute atomic E-state index is 13.6. The highest BCUT2D eigenvalue weighted by atomic mass is 19.2. The van der Waals surface area contributed by atoms with E-state index in [0.29, 0.717) is 12.5 Å². The van der Waals surface area contributed by atoms with Gasteiger partial charge in [0.05, 0.1) is 6.10 Å². The van der Waals surface area contributed by atoms with Gasteiger partial charge in [0.2, 0.25) is 0 Å². The largest absolute Gasteiger partial charge is 0.387 e. The molecule has 0 aliphatic rings. The fourth-order valence-electron chi connectivity index (χ4n) is 2.02. The maximum atomic E-state index is 13.6. The molecule has 2 atom stereocenters. The van der Waals surface area contributed by atoms with Gasteiger partial charge in [0.25, 0.3) is 0 Å². The summed E-state index contributed by atoms with van der Waals surface area (Å²) in [7, 11) is 0. The molecule has 0 bridgehead atoms. The van der Waals surface area contributed by atoms with E-state index in [2.05, 4.69) is 18.7 Å². The Bertz CT molecular complexity index is 398. The fourth-order valence-corrected chi connectivity index (χ4v) is 2.02. The van der Waals surface area contributed by atoms with Crippen molar-refractivity contribution in [2.24, 2.45) is 5.92 Å². The van der Waals surface area contributed by atoms with Crippen molar-refractivity contribution in [2.75, 3.05) is 19.6 Å². The molecule has 2 unspecified atom stereocenters. The number of nitrogens with zero attached hydrogens (tertiary/aromatic N) is 1. The summed E-state index contributed by atoms with van der Waals surface area (Å²) >= 11 is 0. The second kappa shape index (κ2) is 7.56. The van der Waals surface area contributed by atoms with Crippen LogP contribution in [0.1, 0.15) is 38.9 Å². The Morgan fingerprint density at radius 1 is 1.21 bits per heavy atom. The first-order valence-corrected chi connectivity index (χ1v) is 6.83. The Morgan fingerprint density at radius 3 is 2.47 bits per heavy atom. The number of aliphatic hydroxyl groups excluding tert-OH is 1. The molecule has 2 nitrogen and oxygen atoms in total. The van der Waals surface area contributed by atoms with E-state index in [0.717, 1.165) is 25.6 Å². The smallest absolute Gasteiger partial charge is 0.164 e. The van der Waals surface area contributed by atoms with Crippen molar-refractivity contribution in [3.63, 3.8) is 0 Å². The number of hydrogen-bond acceptors (Lipinski definition) is 2. The van der Waals surface area contributed by atoms with Crippen LogP contribution >= 0.6 is 0 Å². The number of hydrogen-bond donors (Lipinski definition) is 1. The number of benzene rings is 1. The summed E-state index contributed by atoms with van der Waals surface area (Å²) in [6.45, 7) is 8.19. The van der Waals surface area contributed by atoms with E-state index in [1.807, 2.05) is 6.92 Å². The molecule has 0 aromatic heterocycles. The highest BCUT2D eigenvalue weighted by Gasteiger charge is 2.19. The molecule has 1 aromatic rings. The van der Waals surface area contributed by atoms with E-state index in [9.17, 15) is 13.9 Å². The standard InChI is InChI=1S/C15H23F2NO/c1-4-11(3)9-18(5-2)10-14(19)12-7-6-8-13(16)15(12)17/h6-8,11,14,19H,4-5,9-10H2,1-3H3. The Hall–Kier alpha value is -1.00. The van der Waals surface area contributed by atoms with E-state index < -0.39 is 17.7 Å². The van der Waals surface area contributed by atoms with Gasteiger partial charge in [0.15, 0.2) is 11.6 Å². The molecule has 1 N–H and O–H groups in total. The number of likely N-dealkylation sites (N-methyl/N-ethyl adjacent to an activating group) is 1. The van der Waals surface area contributed by atoms with Crippen molar-refractivity contribution in [2.45, 2.75) is 33.3 Å². The van der Waals surface area contributed by atoms with E-state index in [1.54, 1.807) is 0 Å². The summed E-state index contributed by atoms with van der Waals surface area (Å²) in [6.07, 6.45) is 0.0562. The normalized spacial score (nSPS) is 14.7. The molecule has 0 saturated carbocycles. The number of aliphatic hydroxyl groups is 1. The molecule has 0 fully saturated rings. The minimum Gasteiger partial charge on any atom is -0.387 e. The average molecular weight is 271 g/mol. The van der Waals surface area contributed by atoms with Gasteiger partial charge >= 0.3 is 0 Å². The van der Waals surface area contributed by atoms with Crippen molar-refractivity contribution >= 4 is 0 Å². The van der Waals surface area contributed by atoms with Crippen LogP contribution in [0.5, 0.6) is 0 Å². The van der Waals surface area contributed by atoms with Crippen LogP contribution in [0.15, 0.2) is 18.2 Å². The molecular weight excluding hydrogens is 248 g/mol. The Morgan fingerprint density at radius 2 is 1.89 bits per heavy atom. The predicted octanol–water partition coefficient (Wildman–Crippen LogP) is 3.37. The summed E-state index contributed by atoms with van der Waals surface area (Å²) in [5.74, 6) is -1.35. The lowest BCUT2D eigenvalue weighted by molar-refractivity contribution is 0.104. The molecule has 1 rings (SSSR count). The van der Waals surface area contributed by atoms with Crippen LogP contribution in [-0.2, 0) is 0 Å². The molecule has 0 aliphatic heterocycles. The zero-order chi connectivity index (χ0) is 14.4. The van der Waals surface area contributed by atoms with Gasteiger partial charge in [0, 0.05) is 18.7 Å². The third kappa shape index (κ3) is 4.55. The van der Waals surface area contributed by atoms with Crippen LogP contribution < -0.4 is 0 Å². The highest BCUT2D eigenvalue weighted by Crippen LogP contribution is 2.20. The predicted molar refractivity (Wildman–Crippen MR) is 72.9 cm³/mol. The van der Waals surface area contributed by atoms with Crippen LogP contribution in [0.2, 0.25) is 0 Å². The zero-order valence-electron chi connectivity index (χ0n) is 11.9. The van der Waals surface area contributed by atoms with Crippen LogP contribution in [0.4, 0.5) is 8.78 Å². The topological polar surface area (TPSA) is 23.5 Å². The summed E-state index contributed by atoms with van der Waals surface area (Å²) in [6, 6.07) is 3.91. The van der Waals surface area contributed by atoms with Gasteiger partial charge in [0.1, 0.15) is 0 Å². The quantitative estimate of drug-likeness (QED) is 0.822. The van der Waals surface area contributed by atoms with Gasteiger partial charge < -0.3 is 10.0 Å². The first-order chi connectivity index (χ1) is 8.99. The van der Waals surface area contributed by atoms with Gasteiger partial charge in [-0.25, -0.2) is 8.78 Å². The van der Waals surface area contributed by atoms with E-state index in [-0.39, 0.29) is 5.56 Å². The Kier molecular flexibility index (Phi) is 6.38. The first kappa shape index (κ1) is 16.1. The molecule has 108 valence electrons. The van der Waals surface area contributed by atoms with Gasteiger partial charge in [-0.1, -0.05) is 39.3 Å². The molecule has 4 heteroatoms. The van der Waals surface area contributed by atoms with Crippen molar-refractivity contribution in [1.29, 1.82) is 0 Å². The number of halogens is 2. The van der Waals surface area contributed by atoms with Gasteiger partial charge in [-0.2, -0.15) is 0 Å². The second-order valence-corrected chi connectivity index (χ2v) is 5.02. The molecule has 0 radical (unpaired) electrons. The maximum Gasteiger partial charge on any atom is 0.164 e. The summed E-state index contributed by atoms with van der Waals surface area (Å²) in [5, 5.41) is 10.1. The van der Waals surface area contributed by atoms with Crippen LogP contribution in [0, 0.1) is 17.6 Å². The first-order valence-electron chi connectivity index (χ1n) is 6.83. The van der Waals surface area contributed by atoms with E-state index in [4.69, 9.17) is 0 Å². The monoisotopic (exact) mass is 271 g/mol. The second-order valence-electron chi connectivity index (χ2n) is 5.02. The summed E-state index contributed by atoms with van der Waals surface area (Å²) in [5.41, 5.74) is 0.0302. The zero-order valence-corrected chi connectivity index (χ0v) is 11.9. The van der Waals surface area contributed by atoms with Gasteiger partial charge in [-0.3, -0.25) is 0 Å². The minimum absolute atomic E-state index is 0.0302. The van der Waals surface area contributed by atoms with E-state index >= 15 is 0 Å². The summed E-state index contributed by atoms with van der Waals surface area (Å²) < 4.78 is 26.7. The minimum atomic E-state index is -1.00. The Balaban J connectivity index is 2.71. The van der Waals surface area contributed by atoms with Crippen molar-refractivity contribution in [1.82, 2.24) is 4.90 Å². The highest BCUT2D eigenvalue weighted by molar-refractivity contribution is 5.21. The van der Waals surface area contributed by atoms with Crippen molar-refractivity contribution in [3.05, 3.63) is 35.4 Å². The SMILES string of the molecule is CCC(C)CN(CC)CC(O)c1cccc(F)c1F. The van der Waals surface area contributed by atoms with Gasteiger partial charge in [-0.05, 0) is 18.5 Å². The molecule has 0 spiro atoms. The van der Waals surface area contributed by atoms with Crippen molar-refractivity contribution in [3.8, 4) is 0 Å². The lowest BCUT2D eigenvalue weighted by Gasteiger charge is -2.26. The van der Waals surface area contributed by atoms with Crippen LogP contribution in [-0.4, -0.2) is 29.6 Å². The molecule has 0 saturated heterocycles. The average Bonchev–Trinajstić information content (AvgIpc) is 2.40. The lowest BCUT2D eigenvalue weighted by Crippen LogP contribution is -2.32. The molecule has 0 amide bonds. The van der Waals surface area contributed by atoms with Crippen molar-refractivity contribution < 1.29 is 13.9 Å². The fraction of sp³-hybridized carbons (Fsp3) is 0.600. The van der Waals surface area contributed by atoms with Crippen LogP contribution in [0.25, 0.3) is 0 Å². The molecule has 19 heavy (non-hydrogen) atoms. The summed E-state index contributed by atoms with van der Waals surface area (Å²) in [4.78, 5) is 2.06. The molecule has 1 aromatic carbocycles. The van der Waals surface area contributed by atoms with Gasteiger partial charge in [-0.15, -0.1) is 0 Å². The molecule has 0 aliphatic carbocycles. The molecule has 0 heterocycles. The van der Waals surface area contributed by atoms with Crippen LogP contribution in [0.3, 0.4) is 0 Å². The lowest BCUT2D eigenvalue weighted by atomic mass is 10.1. The number of rotatable bonds is 7. The third-order valence-electron chi connectivity index (χ3n) is 3.49.